The maximum absolute atomic E-state index is 5.50. The molecule has 1 unspecified atom stereocenters. The van der Waals surface area contributed by atoms with Crippen molar-refractivity contribution in [1.29, 1.82) is 0 Å². The standard InChI is InChI=1S/C17H30N2O/c1-5-16(18-6-2)15-11-9-10-12-17(15)19(7-3)13-14-20-8-4/h9-12,16,18H,5-8,13-14H2,1-4H3. The predicted octanol–water partition coefficient (Wildman–Crippen LogP) is 3.61. The van der Waals surface area contributed by atoms with Gasteiger partial charge in [0, 0.05) is 31.4 Å². The molecule has 3 heteroatoms. The SMILES string of the molecule is CCNC(CC)c1ccccc1N(CC)CCOCC. The van der Waals surface area contributed by atoms with E-state index in [-0.39, 0.29) is 0 Å². The third-order valence-electron chi connectivity index (χ3n) is 3.60. The smallest absolute Gasteiger partial charge is 0.0641 e. The van der Waals surface area contributed by atoms with Gasteiger partial charge >= 0.3 is 0 Å². The Morgan fingerprint density at radius 2 is 1.90 bits per heavy atom. The highest BCUT2D eigenvalue weighted by molar-refractivity contribution is 5.55. The van der Waals surface area contributed by atoms with E-state index in [9.17, 15) is 0 Å². The van der Waals surface area contributed by atoms with Gasteiger partial charge < -0.3 is 15.0 Å². The van der Waals surface area contributed by atoms with Gasteiger partial charge in [0.15, 0.2) is 0 Å². The number of nitrogens with one attached hydrogen (secondary N) is 1. The Bertz CT molecular complexity index is 368. The van der Waals surface area contributed by atoms with Gasteiger partial charge in [0.1, 0.15) is 0 Å². The third-order valence-corrected chi connectivity index (χ3v) is 3.60. The number of nitrogens with zero attached hydrogens (tertiary/aromatic N) is 1. The van der Waals surface area contributed by atoms with Crippen LogP contribution >= 0.6 is 0 Å². The fourth-order valence-corrected chi connectivity index (χ4v) is 2.56. The lowest BCUT2D eigenvalue weighted by molar-refractivity contribution is 0.154. The Labute approximate surface area is 124 Å². The van der Waals surface area contributed by atoms with E-state index < -0.39 is 0 Å². The Balaban J connectivity index is 2.90. The summed E-state index contributed by atoms with van der Waals surface area (Å²) in [6, 6.07) is 9.16. The van der Waals surface area contributed by atoms with Crippen molar-refractivity contribution in [2.75, 3.05) is 37.7 Å². The molecule has 0 fully saturated rings. The fraction of sp³-hybridized carbons (Fsp3) is 0.647. The third kappa shape index (κ3) is 4.80. The minimum absolute atomic E-state index is 0.428. The van der Waals surface area contributed by atoms with E-state index in [1.54, 1.807) is 0 Å². The molecule has 0 aromatic heterocycles. The van der Waals surface area contributed by atoms with Crippen LogP contribution in [0.15, 0.2) is 24.3 Å². The van der Waals surface area contributed by atoms with Gasteiger partial charge in [-0.25, -0.2) is 0 Å². The summed E-state index contributed by atoms with van der Waals surface area (Å²) < 4.78 is 5.50. The highest BCUT2D eigenvalue weighted by atomic mass is 16.5. The quantitative estimate of drug-likeness (QED) is 0.662. The number of hydrogen-bond donors (Lipinski definition) is 1. The minimum atomic E-state index is 0.428. The first-order valence-corrected chi connectivity index (χ1v) is 7.93. The second kappa shape index (κ2) is 9.78. The molecule has 0 radical (unpaired) electrons. The molecule has 0 aliphatic carbocycles. The van der Waals surface area contributed by atoms with Crippen molar-refractivity contribution in [3.8, 4) is 0 Å². The molecule has 1 N–H and O–H groups in total. The van der Waals surface area contributed by atoms with Crippen LogP contribution in [0, 0.1) is 0 Å². The molecule has 1 aromatic carbocycles. The molecule has 0 saturated carbocycles. The van der Waals surface area contributed by atoms with Gasteiger partial charge in [-0.1, -0.05) is 32.0 Å². The molecule has 0 bridgehead atoms. The van der Waals surface area contributed by atoms with E-state index >= 15 is 0 Å². The van der Waals surface area contributed by atoms with Crippen LogP contribution in [0.3, 0.4) is 0 Å². The normalized spacial score (nSPS) is 12.4. The second-order valence-electron chi connectivity index (χ2n) is 4.85. The number of para-hydroxylation sites is 1. The topological polar surface area (TPSA) is 24.5 Å². The van der Waals surface area contributed by atoms with Crippen molar-refractivity contribution in [1.82, 2.24) is 5.32 Å². The Hall–Kier alpha value is -1.06. The van der Waals surface area contributed by atoms with Gasteiger partial charge in [-0.3, -0.25) is 0 Å². The lowest BCUT2D eigenvalue weighted by Gasteiger charge is -2.29. The molecule has 1 rings (SSSR count). The van der Waals surface area contributed by atoms with Crippen LogP contribution in [0.1, 0.15) is 45.7 Å². The molecule has 3 nitrogen and oxygen atoms in total. The van der Waals surface area contributed by atoms with Crippen LogP contribution in [-0.2, 0) is 4.74 Å². The zero-order valence-electron chi connectivity index (χ0n) is 13.5. The number of anilines is 1. The van der Waals surface area contributed by atoms with E-state index in [1.165, 1.54) is 11.3 Å². The van der Waals surface area contributed by atoms with Crippen LogP contribution in [0.2, 0.25) is 0 Å². The summed E-state index contributed by atoms with van der Waals surface area (Å²) in [5, 5.41) is 3.58. The molecule has 0 aliphatic heterocycles. The minimum Gasteiger partial charge on any atom is -0.380 e. The number of benzene rings is 1. The van der Waals surface area contributed by atoms with Crippen LogP contribution in [0.4, 0.5) is 5.69 Å². The van der Waals surface area contributed by atoms with Gasteiger partial charge in [-0.2, -0.15) is 0 Å². The van der Waals surface area contributed by atoms with Gasteiger partial charge in [0.05, 0.1) is 6.61 Å². The number of hydrogen-bond acceptors (Lipinski definition) is 3. The summed E-state index contributed by atoms with van der Waals surface area (Å²) in [6.45, 7) is 13.2. The van der Waals surface area contributed by atoms with Crippen molar-refractivity contribution >= 4 is 5.69 Å². The number of ether oxygens (including phenoxy) is 1. The van der Waals surface area contributed by atoms with E-state index in [0.717, 1.165) is 39.3 Å². The Morgan fingerprint density at radius 1 is 1.15 bits per heavy atom. The van der Waals surface area contributed by atoms with Crippen molar-refractivity contribution in [3.05, 3.63) is 29.8 Å². The monoisotopic (exact) mass is 278 g/mol. The van der Waals surface area contributed by atoms with Gasteiger partial charge in [0.25, 0.3) is 0 Å². The molecule has 0 aliphatic rings. The number of rotatable bonds is 10. The van der Waals surface area contributed by atoms with E-state index in [4.69, 9.17) is 4.74 Å². The molecular weight excluding hydrogens is 248 g/mol. The molecule has 0 heterocycles. The Morgan fingerprint density at radius 3 is 2.50 bits per heavy atom. The largest absolute Gasteiger partial charge is 0.380 e. The van der Waals surface area contributed by atoms with E-state index in [2.05, 4.69) is 55.3 Å². The van der Waals surface area contributed by atoms with Gasteiger partial charge in [0.2, 0.25) is 0 Å². The van der Waals surface area contributed by atoms with Crippen molar-refractivity contribution < 1.29 is 4.74 Å². The maximum atomic E-state index is 5.50. The van der Waals surface area contributed by atoms with Crippen molar-refractivity contribution in [3.63, 3.8) is 0 Å². The lowest BCUT2D eigenvalue weighted by atomic mass is 10.0. The van der Waals surface area contributed by atoms with Crippen LogP contribution < -0.4 is 10.2 Å². The second-order valence-corrected chi connectivity index (χ2v) is 4.85. The first-order chi connectivity index (χ1) is 9.78. The average molecular weight is 278 g/mol. The molecule has 1 atom stereocenters. The summed E-state index contributed by atoms with van der Waals surface area (Å²) >= 11 is 0. The summed E-state index contributed by atoms with van der Waals surface area (Å²) in [5.41, 5.74) is 2.73. The fourth-order valence-electron chi connectivity index (χ4n) is 2.56. The Kier molecular flexibility index (Phi) is 8.31. The van der Waals surface area contributed by atoms with Crippen LogP contribution in [-0.4, -0.2) is 32.8 Å². The van der Waals surface area contributed by atoms with Gasteiger partial charge in [-0.15, -0.1) is 0 Å². The summed E-state index contributed by atoms with van der Waals surface area (Å²) in [6.07, 6.45) is 1.11. The van der Waals surface area contributed by atoms with Gasteiger partial charge in [-0.05, 0) is 38.4 Å². The van der Waals surface area contributed by atoms with Crippen LogP contribution in [0.25, 0.3) is 0 Å². The molecule has 0 saturated heterocycles. The van der Waals surface area contributed by atoms with Crippen molar-refractivity contribution in [2.24, 2.45) is 0 Å². The molecule has 0 spiro atoms. The molecule has 0 amide bonds. The lowest BCUT2D eigenvalue weighted by Crippen LogP contribution is -2.30. The first kappa shape index (κ1) is 17.0. The van der Waals surface area contributed by atoms with Crippen LogP contribution in [0.5, 0.6) is 0 Å². The summed E-state index contributed by atoms with van der Waals surface area (Å²) in [5.74, 6) is 0. The highest BCUT2D eigenvalue weighted by Crippen LogP contribution is 2.28. The zero-order chi connectivity index (χ0) is 14.8. The van der Waals surface area contributed by atoms with E-state index in [1.807, 2.05) is 6.92 Å². The molecule has 20 heavy (non-hydrogen) atoms. The van der Waals surface area contributed by atoms with E-state index in [0.29, 0.717) is 6.04 Å². The molecule has 114 valence electrons. The summed E-state index contributed by atoms with van der Waals surface area (Å²) in [7, 11) is 0. The predicted molar refractivity (Wildman–Crippen MR) is 87.5 cm³/mol. The molecular formula is C17H30N2O. The first-order valence-electron chi connectivity index (χ1n) is 7.93. The maximum Gasteiger partial charge on any atom is 0.0641 e. The average Bonchev–Trinajstić information content (AvgIpc) is 2.49. The van der Waals surface area contributed by atoms with Crippen molar-refractivity contribution in [2.45, 2.75) is 40.2 Å². The number of likely N-dealkylation sites (N-methyl/N-ethyl adjacent to an activating group) is 1. The highest BCUT2D eigenvalue weighted by Gasteiger charge is 2.15. The zero-order valence-corrected chi connectivity index (χ0v) is 13.5. The molecule has 1 aromatic rings. The summed E-state index contributed by atoms with van der Waals surface area (Å²) in [4.78, 5) is 2.41.